The highest BCUT2D eigenvalue weighted by atomic mass is 16.3. The van der Waals surface area contributed by atoms with E-state index in [0.29, 0.717) is 6.54 Å². The number of aliphatic hydroxyl groups is 1. The molecule has 3 atom stereocenters. The Morgan fingerprint density at radius 1 is 1.42 bits per heavy atom. The minimum Gasteiger partial charge on any atom is -0.393 e. The average molecular weight is 336 g/mol. The van der Waals surface area contributed by atoms with Crippen LogP contribution in [0, 0.1) is 19.8 Å². The summed E-state index contributed by atoms with van der Waals surface area (Å²) in [6.45, 7) is 6.70. The van der Waals surface area contributed by atoms with Gasteiger partial charge in [-0.3, -0.25) is 4.68 Å². The number of hydrogen-bond donors (Lipinski definition) is 2. The lowest BCUT2D eigenvalue weighted by Crippen LogP contribution is -2.46. The molecule has 2 rings (SSSR count). The zero-order chi connectivity index (χ0) is 17.9. The van der Waals surface area contributed by atoms with Gasteiger partial charge in [-0.2, -0.15) is 5.10 Å². The summed E-state index contributed by atoms with van der Waals surface area (Å²) in [5.74, 6) is 0.201. The molecule has 1 heterocycles. The van der Waals surface area contributed by atoms with Crippen molar-refractivity contribution in [2.45, 2.75) is 65.0 Å². The van der Waals surface area contributed by atoms with E-state index in [-0.39, 0.29) is 24.1 Å². The molecule has 1 fully saturated rings. The van der Waals surface area contributed by atoms with Crippen molar-refractivity contribution in [2.75, 3.05) is 13.6 Å². The lowest BCUT2D eigenvalue weighted by Gasteiger charge is -2.31. The first-order valence-corrected chi connectivity index (χ1v) is 8.98. The number of rotatable bonds is 5. The van der Waals surface area contributed by atoms with Crippen molar-refractivity contribution in [2.24, 2.45) is 13.0 Å². The largest absolute Gasteiger partial charge is 0.393 e. The molecule has 6 nitrogen and oxygen atoms in total. The first kappa shape index (κ1) is 18.8. The number of urea groups is 1. The zero-order valence-electron chi connectivity index (χ0n) is 15.7. The second-order valence-corrected chi connectivity index (χ2v) is 7.32. The fraction of sp³-hybridized carbons (Fsp3) is 0.778. The van der Waals surface area contributed by atoms with Crippen LogP contribution in [-0.2, 0) is 13.5 Å². The standard InChI is InChI=1S/C18H32N4O2/c1-12(10-16-13(2)20-22(5)14(16)3)19-18(24)21(4)11-15-8-6-7-9-17(15)23/h12,15,17,23H,6-11H2,1-5H3,(H,19,24). The van der Waals surface area contributed by atoms with Gasteiger partial charge in [0.15, 0.2) is 0 Å². The summed E-state index contributed by atoms with van der Waals surface area (Å²) in [6.07, 6.45) is 4.60. The lowest BCUT2D eigenvalue weighted by atomic mass is 9.86. The van der Waals surface area contributed by atoms with E-state index in [9.17, 15) is 9.90 Å². The van der Waals surface area contributed by atoms with Crippen molar-refractivity contribution in [3.05, 3.63) is 17.0 Å². The predicted octanol–water partition coefficient (Wildman–Crippen LogP) is 2.16. The number of nitrogens with one attached hydrogen (secondary N) is 1. The maximum atomic E-state index is 12.4. The Bertz CT molecular complexity index is 570. The van der Waals surface area contributed by atoms with Crippen LogP contribution in [0.5, 0.6) is 0 Å². The highest BCUT2D eigenvalue weighted by Crippen LogP contribution is 2.24. The number of carbonyl (C=O) groups is 1. The van der Waals surface area contributed by atoms with Gasteiger partial charge in [-0.05, 0) is 45.6 Å². The fourth-order valence-electron chi connectivity index (χ4n) is 3.63. The Hall–Kier alpha value is -1.56. The van der Waals surface area contributed by atoms with Crippen molar-refractivity contribution in [3.8, 4) is 0 Å². The highest BCUT2D eigenvalue weighted by Gasteiger charge is 2.26. The summed E-state index contributed by atoms with van der Waals surface area (Å²) in [5.41, 5.74) is 3.37. The molecular formula is C18H32N4O2. The molecule has 1 aliphatic carbocycles. The Morgan fingerprint density at radius 3 is 2.67 bits per heavy atom. The first-order valence-electron chi connectivity index (χ1n) is 8.98. The second kappa shape index (κ2) is 8.01. The molecule has 1 saturated carbocycles. The highest BCUT2D eigenvalue weighted by molar-refractivity contribution is 5.74. The van der Waals surface area contributed by atoms with Crippen LogP contribution in [0.3, 0.4) is 0 Å². The topological polar surface area (TPSA) is 70.4 Å². The quantitative estimate of drug-likeness (QED) is 0.866. The number of hydrogen-bond acceptors (Lipinski definition) is 3. The Morgan fingerprint density at radius 2 is 2.08 bits per heavy atom. The summed E-state index contributed by atoms with van der Waals surface area (Å²) in [7, 11) is 3.75. The minimum absolute atomic E-state index is 0.0397. The normalized spacial score (nSPS) is 22.2. The molecule has 0 saturated heterocycles. The molecule has 6 heteroatoms. The van der Waals surface area contributed by atoms with E-state index in [0.717, 1.165) is 43.5 Å². The van der Waals surface area contributed by atoms with Gasteiger partial charge in [-0.1, -0.05) is 12.8 Å². The van der Waals surface area contributed by atoms with Gasteiger partial charge in [-0.15, -0.1) is 0 Å². The van der Waals surface area contributed by atoms with E-state index in [4.69, 9.17) is 0 Å². The first-order chi connectivity index (χ1) is 11.3. The van der Waals surface area contributed by atoms with Gasteiger partial charge >= 0.3 is 6.03 Å². The maximum absolute atomic E-state index is 12.4. The number of carbonyl (C=O) groups excluding carboxylic acids is 1. The van der Waals surface area contributed by atoms with E-state index < -0.39 is 0 Å². The predicted molar refractivity (Wildman–Crippen MR) is 95.0 cm³/mol. The number of aromatic nitrogens is 2. The van der Waals surface area contributed by atoms with Crippen LogP contribution < -0.4 is 5.32 Å². The lowest BCUT2D eigenvalue weighted by molar-refractivity contribution is 0.0563. The molecule has 0 spiro atoms. The summed E-state index contributed by atoms with van der Waals surface area (Å²) < 4.78 is 1.88. The van der Waals surface area contributed by atoms with Crippen LogP contribution in [0.15, 0.2) is 0 Å². The van der Waals surface area contributed by atoms with Gasteiger partial charge in [-0.25, -0.2) is 4.79 Å². The monoisotopic (exact) mass is 336 g/mol. The molecule has 0 aliphatic heterocycles. The van der Waals surface area contributed by atoms with Gasteiger partial charge in [0.1, 0.15) is 0 Å². The SMILES string of the molecule is Cc1nn(C)c(C)c1CC(C)NC(=O)N(C)CC1CCCCC1O. The van der Waals surface area contributed by atoms with Gasteiger partial charge in [0.25, 0.3) is 0 Å². The molecular weight excluding hydrogens is 304 g/mol. The molecule has 136 valence electrons. The molecule has 24 heavy (non-hydrogen) atoms. The zero-order valence-corrected chi connectivity index (χ0v) is 15.7. The van der Waals surface area contributed by atoms with E-state index in [2.05, 4.69) is 17.3 Å². The summed E-state index contributed by atoms with van der Waals surface area (Å²) in [5, 5.41) is 17.6. The fourth-order valence-corrected chi connectivity index (χ4v) is 3.63. The summed E-state index contributed by atoms with van der Waals surface area (Å²) >= 11 is 0. The van der Waals surface area contributed by atoms with Crippen LogP contribution in [-0.4, -0.2) is 51.6 Å². The Kier molecular flexibility index (Phi) is 6.27. The summed E-state index contributed by atoms with van der Waals surface area (Å²) in [4.78, 5) is 14.1. The number of amides is 2. The molecule has 1 aromatic rings. The van der Waals surface area contributed by atoms with E-state index in [1.54, 1.807) is 4.90 Å². The Balaban J connectivity index is 1.86. The van der Waals surface area contributed by atoms with E-state index >= 15 is 0 Å². The van der Waals surface area contributed by atoms with Crippen LogP contribution in [0.4, 0.5) is 4.79 Å². The molecule has 0 aromatic carbocycles. The summed E-state index contributed by atoms with van der Waals surface area (Å²) in [6, 6.07) is -0.0303. The molecule has 3 unspecified atom stereocenters. The van der Waals surface area contributed by atoms with E-state index in [1.165, 1.54) is 5.56 Å². The van der Waals surface area contributed by atoms with Gasteiger partial charge in [0, 0.05) is 38.3 Å². The number of aliphatic hydroxyl groups excluding tert-OH is 1. The van der Waals surface area contributed by atoms with Crippen molar-refractivity contribution < 1.29 is 9.90 Å². The number of aryl methyl sites for hydroxylation is 2. The molecule has 1 aliphatic rings. The van der Waals surface area contributed by atoms with Crippen LogP contribution >= 0.6 is 0 Å². The molecule has 0 bridgehead atoms. The number of nitrogens with zero attached hydrogens (tertiary/aromatic N) is 3. The average Bonchev–Trinajstić information content (AvgIpc) is 2.75. The van der Waals surface area contributed by atoms with Crippen molar-refractivity contribution in [1.82, 2.24) is 20.0 Å². The van der Waals surface area contributed by atoms with Gasteiger partial charge in [0.2, 0.25) is 0 Å². The van der Waals surface area contributed by atoms with Crippen LogP contribution in [0.2, 0.25) is 0 Å². The minimum atomic E-state index is -0.271. The van der Waals surface area contributed by atoms with Crippen molar-refractivity contribution in [3.63, 3.8) is 0 Å². The van der Waals surface area contributed by atoms with Gasteiger partial charge < -0.3 is 15.3 Å². The molecule has 2 N–H and O–H groups in total. The van der Waals surface area contributed by atoms with E-state index in [1.807, 2.05) is 32.6 Å². The molecule has 0 radical (unpaired) electrons. The smallest absolute Gasteiger partial charge is 0.317 e. The van der Waals surface area contributed by atoms with Crippen molar-refractivity contribution >= 4 is 6.03 Å². The second-order valence-electron chi connectivity index (χ2n) is 7.32. The third-order valence-electron chi connectivity index (χ3n) is 5.26. The maximum Gasteiger partial charge on any atom is 0.317 e. The Labute approximate surface area is 145 Å². The van der Waals surface area contributed by atoms with Gasteiger partial charge in [0.05, 0.1) is 11.8 Å². The molecule has 1 aromatic heterocycles. The molecule has 2 amide bonds. The third-order valence-corrected chi connectivity index (χ3v) is 5.26. The third kappa shape index (κ3) is 4.50. The van der Waals surface area contributed by atoms with Crippen LogP contribution in [0.1, 0.15) is 49.6 Å². The van der Waals surface area contributed by atoms with Crippen molar-refractivity contribution in [1.29, 1.82) is 0 Å². The van der Waals surface area contributed by atoms with Crippen LogP contribution in [0.25, 0.3) is 0 Å².